The number of nitrogens with two attached hydrogens (primary N) is 1. The highest BCUT2D eigenvalue weighted by Gasteiger charge is 2.10. The van der Waals surface area contributed by atoms with Gasteiger partial charge in [0.1, 0.15) is 4.99 Å². The maximum absolute atomic E-state index is 5.81. The molecule has 5 heteroatoms. The van der Waals surface area contributed by atoms with Crippen LogP contribution in [-0.4, -0.2) is 15.0 Å². The molecule has 1 aromatic carbocycles. The Bertz CT molecular complexity index is 787. The number of nitrogens with one attached hydrogen (secondary N) is 1. The first-order valence-electron chi connectivity index (χ1n) is 6.56. The van der Waals surface area contributed by atoms with Crippen molar-refractivity contribution in [2.24, 2.45) is 5.73 Å². The number of aromatic nitrogens is 2. The largest absolute Gasteiger partial charge is 0.389 e. The van der Waals surface area contributed by atoms with Gasteiger partial charge in [0.05, 0.1) is 16.8 Å². The molecule has 21 heavy (non-hydrogen) atoms. The van der Waals surface area contributed by atoms with Gasteiger partial charge in [-0.2, -0.15) is 0 Å². The second-order valence-electron chi connectivity index (χ2n) is 4.64. The number of para-hydroxylation sites is 1. The molecule has 3 aromatic rings. The predicted molar refractivity (Wildman–Crippen MR) is 89.2 cm³/mol. The van der Waals surface area contributed by atoms with Gasteiger partial charge in [0.15, 0.2) is 0 Å². The number of rotatable bonds is 4. The van der Waals surface area contributed by atoms with E-state index in [1.54, 1.807) is 12.4 Å². The van der Waals surface area contributed by atoms with Gasteiger partial charge in [-0.3, -0.25) is 9.97 Å². The maximum atomic E-state index is 5.81. The number of hydrogen-bond acceptors (Lipinski definition) is 4. The van der Waals surface area contributed by atoms with Gasteiger partial charge >= 0.3 is 0 Å². The lowest BCUT2D eigenvalue weighted by Gasteiger charge is -2.14. The molecular formula is C16H14N4S. The summed E-state index contributed by atoms with van der Waals surface area (Å²) in [7, 11) is 0. The van der Waals surface area contributed by atoms with Gasteiger partial charge in [0.2, 0.25) is 0 Å². The molecule has 4 nitrogen and oxygen atoms in total. The van der Waals surface area contributed by atoms with E-state index < -0.39 is 0 Å². The van der Waals surface area contributed by atoms with Gasteiger partial charge in [-0.15, -0.1) is 0 Å². The van der Waals surface area contributed by atoms with Crippen LogP contribution in [-0.2, 0) is 6.54 Å². The zero-order valence-corrected chi connectivity index (χ0v) is 12.1. The summed E-state index contributed by atoms with van der Waals surface area (Å²) in [5.74, 6) is 0. The molecule has 0 aliphatic carbocycles. The van der Waals surface area contributed by atoms with E-state index in [0.29, 0.717) is 11.5 Å². The number of anilines is 1. The van der Waals surface area contributed by atoms with E-state index in [2.05, 4.69) is 15.3 Å². The number of pyridine rings is 2. The highest BCUT2D eigenvalue weighted by atomic mass is 32.1. The fourth-order valence-corrected chi connectivity index (χ4v) is 2.37. The summed E-state index contributed by atoms with van der Waals surface area (Å²) in [6, 6.07) is 11.8. The van der Waals surface area contributed by atoms with E-state index >= 15 is 0 Å². The first-order valence-corrected chi connectivity index (χ1v) is 6.97. The van der Waals surface area contributed by atoms with Crippen LogP contribution >= 0.6 is 12.2 Å². The van der Waals surface area contributed by atoms with Crippen molar-refractivity contribution in [2.75, 3.05) is 5.32 Å². The smallest absolute Gasteiger partial charge is 0.107 e. The topological polar surface area (TPSA) is 63.8 Å². The summed E-state index contributed by atoms with van der Waals surface area (Å²) in [5.41, 5.74) is 9.48. The third-order valence-electron chi connectivity index (χ3n) is 3.23. The van der Waals surface area contributed by atoms with Crippen molar-refractivity contribution in [1.29, 1.82) is 0 Å². The average Bonchev–Trinajstić information content (AvgIpc) is 2.53. The number of hydrogen-bond donors (Lipinski definition) is 2. The molecule has 0 saturated carbocycles. The molecule has 0 radical (unpaired) electrons. The Kier molecular flexibility index (Phi) is 3.75. The zero-order chi connectivity index (χ0) is 14.7. The predicted octanol–water partition coefficient (Wildman–Crippen LogP) is 2.88. The molecule has 2 aromatic heterocycles. The second-order valence-corrected chi connectivity index (χ2v) is 5.08. The Labute approximate surface area is 128 Å². The maximum Gasteiger partial charge on any atom is 0.107 e. The third kappa shape index (κ3) is 2.83. The number of thiocarbonyl (C=S) groups is 1. The highest BCUT2D eigenvalue weighted by molar-refractivity contribution is 7.80. The Hall–Kier alpha value is -2.53. The Balaban J connectivity index is 2.02. The molecule has 0 fully saturated rings. The van der Waals surface area contributed by atoms with Crippen LogP contribution < -0.4 is 11.1 Å². The molecule has 0 bridgehead atoms. The van der Waals surface area contributed by atoms with Crippen molar-refractivity contribution >= 4 is 33.8 Å². The molecule has 0 saturated heterocycles. The standard InChI is InChI=1S/C16H14N4S/c17-16(21)13-10-19-14-6-2-1-5-12(14)15(13)20-9-11-4-3-7-18-8-11/h1-8,10H,9H2,(H2,17,21)(H,19,20). The highest BCUT2D eigenvalue weighted by Crippen LogP contribution is 2.26. The minimum atomic E-state index is 0.335. The quantitative estimate of drug-likeness (QED) is 0.724. The summed E-state index contributed by atoms with van der Waals surface area (Å²) < 4.78 is 0. The molecule has 0 atom stereocenters. The van der Waals surface area contributed by atoms with E-state index in [-0.39, 0.29) is 0 Å². The summed E-state index contributed by atoms with van der Waals surface area (Å²) in [4.78, 5) is 8.85. The van der Waals surface area contributed by atoms with Crippen LogP contribution in [0.2, 0.25) is 0 Å². The van der Waals surface area contributed by atoms with Crippen LogP contribution in [0.15, 0.2) is 55.0 Å². The molecule has 0 spiro atoms. The van der Waals surface area contributed by atoms with Crippen molar-refractivity contribution in [3.63, 3.8) is 0 Å². The molecule has 104 valence electrons. The zero-order valence-electron chi connectivity index (χ0n) is 11.3. The van der Waals surface area contributed by atoms with Gasteiger partial charge in [-0.25, -0.2) is 0 Å². The van der Waals surface area contributed by atoms with Crippen molar-refractivity contribution < 1.29 is 0 Å². The van der Waals surface area contributed by atoms with Crippen LogP contribution in [0.5, 0.6) is 0 Å². The molecule has 3 N–H and O–H groups in total. The second kappa shape index (κ2) is 5.85. The first-order chi connectivity index (χ1) is 10.3. The summed E-state index contributed by atoms with van der Waals surface area (Å²) in [5, 5.41) is 4.41. The van der Waals surface area contributed by atoms with Crippen LogP contribution in [0.4, 0.5) is 5.69 Å². The van der Waals surface area contributed by atoms with Gasteiger partial charge in [0.25, 0.3) is 0 Å². The van der Waals surface area contributed by atoms with E-state index in [1.807, 2.05) is 42.6 Å². The van der Waals surface area contributed by atoms with Gasteiger partial charge in [-0.1, -0.05) is 36.5 Å². The van der Waals surface area contributed by atoms with E-state index in [1.165, 1.54) is 0 Å². The van der Waals surface area contributed by atoms with E-state index in [4.69, 9.17) is 18.0 Å². The number of benzene rings is 1. The Morgan fingerprint density at radius 3 is 2.76 bits per heavy atom. The minimum Gasteiger partial charge on any atom is -0.389 e. The summed E-state index contributed by atoms with van der Waals surface area (Å²) in [6.45, 7) is 0.650. The molecule has 3 rings (SSSR count). The van der Waals surface area contributed by atoms with Crippen molar-refractivity contribution in [3.8, 4) is 0 Å². The normalized spacial score (nSPS) is 10.5. The Morgan fingerprint density at radius 1 is 1.14 bits per heavy atom. The minimum absolute atomic E-state index is 0.335. The molecular weight excluding hydrogens is 280 g/mol. The van der Waals surface area contributed by atoms with Gasteiger partial charge < -0.3 is 11.1 Å². The fraction of sp³-hybridized carbons (Fsp3) is 0.0625. The average molecular weight is 294 g/mol. The number of fused-ring (bicyclic) bond motifs is 1. The summed E-state index contributed by atoms with van der Waals surface area (Å²) >= 11 is 5.13. The number of nitrogens with zero attached hydrogens (tertiary/aromatic N) is 2. The van der Waals surface area contributed by atoms with E-state index in [0.717, 1.165) is 27.7 Å². The molecule has 0 aliphatic heterocycles. The molecule has 0 unspecified atom stereocenters. The summed E-state index contributed by atoms with van der Waals surface area (Å²) in [6.07, 6.45) is 5.30. The van der Waals surface area contributed by atoms with Crippen molar-refractivity contribution in [1.82, 2.24) is 9.97 Å². The SMILES string of the molecule is NC(=S)c1cnc2ccccc2c1NCc1cccnc1. The van der Waals surface area contributed by atoms with Crippen LogP contribution in [0.1, 0.15) is 11.1 Å². The molecule has 2 heterocycles. The van der Waals surface area contributed by atoms with Crippen LogP contribution in [0.25, 0.3) is 10.9 Å². The lowest BCUT2D eigenvalue weighted by Crippen LogP contribution is -2.14. The van der Waals surface area contributed by atoms with Crippen LogP contribution in [0, 0.1) is 0 Å². The van der Waals surface area contributed by atoms with E-state index in [9.17, 15) is 0 Å². The van der Waals surface area contributed by atoms with Crippen molar-refractivity contribution in [3.05, 3.63) is 66.1 Å². The van der Waals surface area contributed by atoms with Gasteiger partial charge in [0, 0.05) is 30.5 Å². The molecule has 0 aliphatic rings. The molecule has 0 amide bonds. The monoisotopic (exact) mass is 294 g/mol. The Morgan fingerprint density at radius 2 is 2.00 bits per heavy atom. The third-order valence-corrected chi connectivity index (χ3v) is 3.45. The first kappa shape index (κ1) is 13.5. The fourth-order valence-electron chi connectivity index (χ4n) is 2.21. The lowest BCUT2D eigenvalue weighted by atomic mass is 10.1. The van der Waals surface area contributed by atoms with Gasteiger partial charge in [-0.05, 0) is 17.7 Å². The lowest BCUT2D eigenvalue weighted by molar-refractivity contribution is 1.11. The van der Waals surface area contributed by atoms with Crippen LogP contribution in [0.3, 0.4) is 0 Å². The van der Waals surface area contributed by atoms with Crippen molar-refractivity contribution in [2.45, 2.75) is 6.54 Å².